The number of hydrogen-bond acceptors (Lipinski definition) is 4. The number of ether oxygens (including phenoxy) is 1. The molecule has 1 saturated heterocycles. The average molecular weight is 367 g/mol. The molecule has 1 aliphatic heterocycles. The van der Waals surface area contributed by atoms with Crippen molar-refractivity contribution in [2.45, 2.75) is 32.6 Å². The Labute approximate surface area is 159 Å². The van der Waals surface area contributed by atoms with Crippen molar-refractivity contribution in [3.05, 3.63) is 42.0 Å². The van der Waals surface area contributed by atoms with Crippen molar-refractivity contribution in [2.24, 2.45) is 5.10 Å². The van der Waals surface area contributed by atoms with E-state index >= 15 is 0 Å². The van der Waals surface area contributed by atoms with E-state index in [2.05, 4.69) is 10.5 Å². The molecule has 0 unspecified atom stereocenters. The van der Waals surface area contributed by atoms with Gasteiger partial charge in [-0.3, -0.25) is 9.59 Å². The van der Waals surface area contributed by atoms with Crippen LogP contribution < -0.4 is 10.2 Å². The lowest BCUT2D eigenvalue weighted by molar-refractivity contribution is -0.145. The van der Waals surface area contributed by atoms with Crippen molar-refractivity contribution in [2.75, 3.05) is 19.7 Å². The number of carbonyl (C=O) groups is 2. The SMILES string of the molecule is CCOc1ccc(/C=N\NC(=O)C(=O)N2CCCCCC2)c2ccccc12. The molecular weight excluding hydrogens is 342 g/mol. The van der Waals surface area contributed by atoms with Crippen LogP contribution in [-0.2, 0) is 9.59 Å². The Kier molecular flexibility index (Phi) is 6.41. The van der Waals surface area contributed by atoms with Crippen molar-refractivity contribution in [1.82, 2.24) is 10.3 Å². The molecule has 6 nitrogen and oxygen atoms in total. The Balaban J connectivity index is 1.70. The van der Waals surface area contributed by atoms with E-state index in [0.29, 0.717) is 19.7 Å². The van der Waals surface area contributed by atoms with Gasteiger partial charge in [-0.1, -0.05) is 37.1 Å². The fourth-order valence-electron chi connectivity index (χ4n) is 3.31. The van der Waals surface area contributed by atoms with Crippen LogP contribution >= 0.6 is 0 Å². The van der Waals surface area contributed by atoms with Crippen LogP contribution in [0.3, 0.4) is 0 Å². The number of likely N-dealkylation sites (tertiary alicyclic amines) is 1. The lowest BCUT2D eigenvalue weighted by Crippen LogP contribution is -2.41. The molecule has 1 heterocycles. The Bertz CT molecular complexity index is 840. The van der Waals surface area contributed by atoms with Gasteiger partial charge in [0.1, 0.15) is 5.75 Å². The van der Waals surface area contributed by atoms with Crippen LogP contribution in [0.15, 0.2) is 41.5 Å². The monoisotopic (exact) mass is 367 g/mol. The van der Waals surface area contributed by atoms with Gasteiger partial charge in [-0.2, -0.15) is 5.10 Å². The maximum atomic E-state index is 12.2. The molecule has 0 atom stereocenters. The predicted octanol–water partition coefficient (Wildman–Crippen LogP) is 3.09. The van der Waals surface area contributed by atoms with Gasteiger partial charge >= 0.3 is 11.8 Å². The lowest BCUT2D eigenvalue weighted by Gasteiger charge is -2.18. The van der Waals surface area contributed by atoms with E-state index in [4.69, 9.17) is 4.74 Å². The Hall–Kier alpha value is -2.89. The second kappa shape index (κ2) is 9.16. The van der Waals surface area contributed by atoms with Crippen LogP contribution in [0.25, 0.3) is 10.8 Å². The summed E-state index contributed by atoms with van der Waals surface area (Å²) in [6.45, 7) is 3.81. The molecular formula is C21H25N3O3. The molecule has 27 heavy (non-hydrogen) atoms. The van der Waals surface area contributed by atoms with Crippen molar-refractivity contribution in [1.29, 1.82) is 0 Å². The van der Waals surface area contributed by atoms with Crippen LogP contribution in [0, 0.1) is 0 Å². The Morgan fingerprint density at radius 2 is 1.78 bits per heavy atom. The molecule has 2 amide bonds. The van der Waals surface area contributed by atoms with Crippen molar-refractivity contribution in [3.63, 3.8) is 0 Å². The number of amides is 2. The second-order valence-electron chi connectivity index (χ2n) is 6.54. The number of fused-ring (bicyclic) bond motifs is 1. The minimum absolute atomic E-state index is 0.509. The molecule has 0 radical (unpaired) electrons. The number of nitrogens with zero attached hydrogens (tertiary/aromatic N) is 2. The minimum Gasteiger partial charge on any atom is -0.493 e. The standard InChI is InChI=1S/C21H25N3O3/c1-2-27-19-12-11-16(17-9-5-6-10-18(17)19)15-22-23-20(25)21(26)24-13-7-3-4-8-14-24/h5-6,9-12,15H,2-4,7-8,13-14H2,1H3,(H,23,25)/b22-15-. The highest BCUT2D eigenvalue weighted by atomic mass is 16.5. The maximum Gasteiger partial charge on any atom is 0.329 e. The smallest absolute Gasteiger partial charge is 0.329 e. The second-order valence-corrected chi connectivity index (χ2v) is 6.54. The number of hydrogen-bond donors (Lipinski definition) is 1. The van der Waals surface area contributed by atoms with Gasteiger partial charge in [0.25, 0.3) is 0 Å². The van der Waals surface area contributed by atoms with Crippen molar-refractivity contribution in [3.8, 4) is 5.75 Å². The zero-order valence-electron chi connectivity index (χ0n) is 15.6. The third-order valence-corrected chi connectivity index (χ3v) is 4.67. The maximum absolute atomic E-state index is 12.2. The lowest BCUT2D eigenvalue weighted by atomic mass is 10.0. The summed E-state index contributed by atoms with van der Waals surface area (Å²) < 4.78 is 5.66. The van der Waals surface area contributed by atoms with Gasteiger partial charge < -0.3 is 9.64 Å². The van der Waals surface area contributed by atoms with E-state index in [-0.39, 0.29) is 0 Å². The fraction of sp³-hybridized carbons (Fsp3) is 0.381. The molecule has 1 N–H and O–H groups in total. The summed E-state index contributed by atoms with van der Waals surface area (Å²) in [5.41, 5.74) is 3.21. The summed E-state index contributed by atoms with van der Waals surface area (Å²) in [6.07, 6.45) is 5.66. The van der Waals surface area contributed by atoms with Crippen molar-refractivity contribution >= 4 is 28.8 Å². The van der Waals surface area contributed by atoms with E-state index in [0.717, 1.165) is 47.8 Å². The quantitative estimate of drug-likeness (QED) is 0.513. The summed E-state index contributed by atoms with van der Waals surface area (Å²) in [5, 5.41) is 5.95. The van der Waals surface area contributed by atoms with E-state index in [9.17, 15) is 9.59 Å². The van der Waals surface area contributed by atoms with Gasteiger partial charge in [-0.05, 0) is 37.3 Å². The van der Waals surface area contributed by atoms with Gasteiger partial charge in [0.05, 0.1) is 12.8 Å². The molecule has 3 rings (SSSR count). The summed E-state index contributed by atoms with van der Waals surface area (Å²) in [4.78, 5) is 26.0. The zero-order chi connectivity index (χ0) is 19.1. The van der Waals surface area contributed by atoms with Gasteiger partial charge in [-0.25, -0.2) is 5.43 Å². The third-order valence-electron chi connectivity index (χ3n) is 4.67. The predicted molar refractivity (Wildman–Crippen MR) is 106 cm³/mol. The molecule has 2 aromatic rings. The van der Waals surface area contributed by atoms with Gasteiger partial charge in [0, 0.05) is 24.0 Å². The number of rotatable bonds is 4. The molecule has 0 spiro atoms. The first-order valence-corrected chi connectivity index (χ1v) is 9.47. The largest absolute Gasteiger partial charge is 0.493 e. The summed E-state index contributed by atoms with van der Waals surface area (Å²) in [6, 6.07) is 11.6. The van der Waals surface area contributed by atoms with E-state index in [1.807, 2.05) is 43.3 Å². The molecule has 142 valence electrons. The molecule has 6 heteroatoms. The number of benzene rings is 2. The van der Waals surface area contributed by atoms with E-state index in [1.165, 1.54) is 0 Å². The van der Waals surface area contributed by atoms with Crippen LogP contribution in [0.2, 0.25) is 0 Å². The number of hydrazone groups is 1. The van der Waals surface area contributed by atoms with Gasteiger partial charge in [0.15, 0.2) is 0 Å². The first-order valence-electron chi connectivity index (χ1n) is 9.47. The third kappa shape index (κ3) is 4.64. The molecule has 0 saturated carbocycles. The number of nitrogens with one attached hydrogen (secondary N) is 1. The summed E-state index contributed by atoms with van der Waals surface area (Å²) in [5.74, 6) is -0.389. The highest BCUT2D eigenvalue weighted by Crippen LogP contribution is 2.27. The van der Waals surface area contributed by atoms with Crippen molar-refractivity contribution < 1.29 is 14.3 Å². The van der Waals surface area contributed by atoms with Crippen LogP contribution in [-0.4, -0.2) is 42.6 Å². The van der Waals surface area contributed by atoms with E-state index < -0.39 is 11.8 Å². The van der Waals surface area contributed by atoms with E-state index in [1.54, 1.807) is 11.1 Å². The van der Waals surface area contributed by atoms with Gasteiger partial charge in [-0.15, -0.1) is 0 Å². The normalized spacial score (nSPS) is 14.9. The molecule has 2 aromatic carbocycles. The first kappa shape index (κ1) is 18.9. The zero-order valence-corrected chi connectivity index (χ0v) is 15.6. The summed E-state index contributed by atoms with van der Waals surface area (Å²) in [7, 11) is 0. The Morgan fingerprint density at radius 3 is 2.48 bits per heavy atom. The van der Waals surface area contributed by atoms with Crippen LogP contribution in [0.1, 0.15) is 38.2 Å². The minimum atomic E-state index is -0.691. The summed E-state index contributed by atoms with van der Waals surface area (Å²) >= 11 is 0. The molecule has 0 aliphatic carbocycles. The average Bonchev–Trinajstić information content (AvgIpc) is 2.98. The topological polar surface area (TPSA) is 71.0 Å². The highest BCUT2D eigenvalue weighted by Gasteiger charge is 2.22. The van der Waals surface area contributed by atoms with Crippen LogP contribution in [0.4, 0.5) is 0 Å². The molecule has 0 bridgehead atoms. The fourth-order valence-corrected chi connectivity index (χ4v) is 3.31. The van der Waals surface area contributed by atoms with Gasteiger partial charge in [0.2, 0.25) is 0 Å². The number of carbonyl (C=O) groups excluding carboxylic acids is 2. The Morgan fingerprint density at radius 1 is 1.07 bits per heavy atom. The molecule has 1 fully saturated rings. The molecule has 1 aliphatic rings. The first-order chi connectivity index (χ1) is 13.2. The van der Waals surface area contributed by atoms with Crippen LogP contribution in [0.5, 0.6) is 5.75 Å². The molecule has 0 aromatic heterocycles. The highest BCUT2D eigenvalue weighted by molar-refractivity contribution is 6.35.